The molecule has 6 nitrogen and oxygen atoms in total. The molecule has 2 aliphatic carbocycles. The van der Waals surface area contributed by atoms with Gasteiger partial charge in [-0.05, 0) is 145 Å². The highest BCUT2D eigenvalue weighted by Gasteiger charge is 2.48. The number of cyclic esters (lactones) is 1. The molecule has 0 bridgehead atoms. The van der Waals surface area contributed by atoms with Crippen LogP contribution in [0.4, 0.5) is 11.4 Å². The van der Waals surface area contributed by atoms with Gasteiger partial charge in [0.05, 0.1) is 37.9 Å². The number of fused-ring (bicyclic) bond motifs is 1. The second-order valence-electron chi connectivity index (χ2n) is 17.0. The molecular formula is C52H52Cl4N2O4. The number of hydrogen-bond acceptors (Lipinski definition) is 6. The number of hydrogen-bond donors (Lipinski definition) is 0. The first-order chi connectivity index (χ1) is 29.9. The summed E-state index contributed by atoms with van der Waals surface area (Å²) in [6.45, 7) is 0. The van der Waals surface area contributed by atoms with Crippen LogP contribution in [-0.4, -0.2) is 46.4 Å². The molecule has 5 aromatic carbocycles. The molecule has 62 heavy (non-hydrogen) atoms. The van der Waals surface area contributed by atoms with Crippen molar-refractivity contribution in [2.24, 2.45) is 0 Å². The van der Waals surface area contributed by atoms with Crippen LogP contribution in [0.3, 0.4) is 0 Å². The molecule has 3 aliphatic rings. The SMILES string of the molecule is CN(C)c1ccc(/C(=C\C2(/C=C(/c3ccc(OC4CCCCC4)cc3)c3ccc(N(C)C)cc3)OC(=O)c3c(Cl)c(Cl)c(Cl)c(Cl)c32)c2ccc(OC3CCCCC3)cc2)cc1. The van der Waals surface area contributed by atoms with Crippen LogP contribution >= 0.6 is 46.4 Å². The predicted molar refractivity (Wildman–Crippen MR) is 257 cm³/mol. The summed E-state index contributed by atoms with van der Waals surface area (Å²) in [6, 6.07) is 32.8. The molecule has 0 N–H and O–H groups in total. The van der Waals surface area contributed by atoms with E-state index in [9.17, 15) is 4.79 Å². The van der Waals surface area contributed by atoms with Gasteiger partial charge >= 0.3 is 5.97 Å². The van der Waals surface area contributed by atoms with Gasteiger partial charge < -0.3 is 24.0 Å². The molecule has 8 rings (SSSR count). The zero-order valence-corrected chi connectivity index (χ0v) is 38.7. The van der Waals surface area contributed by atoms with Gasteiger partial charge in [0.2, 0.25) is 0 Å². The minimum Gasteiger partial charge on any atom is -0.490 e. The minimum absolute atomic E-state index is 0.0149. The Hall–Kier alpha value is -4.59. The highest BCUT2D eigenvalue weighted by Crippen LogP contribution is 2.54. The lowest BCUT2D eigenvalue weighted by Crippen LogP contribution is -2.23. The number of benzene rings is 5. The maximum Gasteiger partial charge on any atom is 0.341 e. The van der Waals surface area contributed by atoms with Crippen LogP contribution in [0.5, 0.6) is 11.5 Å². The molecule has 10 heteroatoms. The summed E-state index contributed by atoms with van der Waals surface area (Å²) in [6.07, 6.45) is 15.7. The number of nitrogens with zero attached hydrogens (tertiary/aromatic N) is 2. The van der Waals surface area contributed by atoms with Gasteiger partial charge in [-0.1, -0.05) is 108 Å². The third-order valence-electron chi connectivity index (χ3n) is 12.3. The van der Waals surface area contributed by atoms with E-state index in [0.717, 1.165) is 82.0 Å². The molecule has 322 valence electrons. The lowest BCUT2D eigenvalue weighted by molar-refractivity contribution is 0.0300. The van der Waals surface area contributed by atoms with Crippen molar-refractivity contribution in [2.45, 2.75) is 82.0 Å². The minimum atomic E-state index is -1.64. The van der Waals surface area contributed by atoms with E-state index in [-0.39, 0.29) is 37.9 Å². The molecule has 0 saturated heterocycles. The molecule has 1 aliphatic heterocycles. The topological polar surface area (TPSA) is 51.2 Å². The van der Waals surface area contributed by atoms with Crippen LogP contribution < -0.4 is 19.3 Å². The Balaban J connectivity index is 1.36. The summed E-state index contributed by atoms with van der Waals surface area (Å²) < 4.78 is 19.6. The van der Waals surface area contributed by atoms with Gasteiger partial charge in [-0.2, -0.15) is 0 Å². The predicted octanol–water partition coefficient (Wildman–Crippen LogP) is 14.5. The Morgan fingerprint density at radius 1 is 0.532 bits per heavy atom. The average Bonchev–Trinajstić information content (AvgIpc) is 3.58. The van der Waals surface area contributed by atoms with Gasteiger partial charge in [0, 0.05) is 45.1 Å². The first-order valence-corrected chi connectivity index (χ1v) is 23.1. The summed E-state index contributed by atoms with van der Waals surface area (Å²) in [4.78, 5) is 18.5. The molecule has 5 aromatic rings. The summed E-state index contributed by atoms with van der Waals surface area (Å²) in [7, 11) is 8.03. The lowest BCUT2D eigenvalue weighted by Gasteiger charge is -2.28. The van der Waals surface area contributed by atoms with Crippen molar-refractivity contribution in [1.82, 2.24) is 0 Å². The maximum absolute atomic E-state index is 14.4. The Morgan fingerprint density at radius 3 is 1.26 bits per heavy atom. The van der Waals surface area contributed by atoms with E-state index in [0.29, 0.717) is 5.56 Å². The Bertz CT molecular complexity index is 2320. The molecule has 0 unspecified atom stereocenters. The van der Waals surface area contributed by atoms with E-state index in [1.54, 1.807) is 0 Å². The van der Waals surface area contributed by atoms with Crippen LogP contribution in [0.1, 0.15) is 102 Å². The number of ether oxygens (including phenoxy) is 3. The molecule has 0 aromatic heterocycles. The number of esters is 1. The molecular weight excluding hydrogens is 858 g/mol. The van der Waals surface area contributed by atoms with Crippen LogP contribution in [0.15, 0.2) is 109 Å². The van der Waals surface area contributed by atoms with Crippen molar-refractivity contribution >= 4 is 74.9 Å². The molecule has 0 atom stereocenters. The number of rotatable bonds is 12. The van der Waals surface area contributed by atoms with E-state index in [1.807, 2.05) is 88.9 Å². The Labute approximate surface area is 386 Å². The average molecular weight is 911 g/mol. The van der Waals surface area contributed by atoms with Gasteiger partial charge in [-0.3, -0.25) is 0 Å². The van der Waals surface area contributed by atoms with Gasteiger partial charge in [0.15, 0.2) is 5.60 Å². The summed E-state index contributed by atoms with van der Waals surface area (Å²) in [5.41, 5.74) is 5.90. The second kappa shape index (κ2) is 19.0. The van der Waals surface area contributed by atoms with Crippen molar-refractivity contribution in [3.8, 4) is 11.5 Å². The van der Waals surface area contributed by atoms with Crippen LogP contribution in [0.2, 0.25) is 20.1 Å². The van der Waals surface area contributed by atoms with Crippen LogP contribution in [0.25, 0.3) is 11.1 Å². The van der Waals surface area contributed by atoms with Crippen molar-refractivity contribution < 1.29 is 19.0 Å². The lowest BCUT2D eigenvalue weighted by atomic mass is 9.83. The van der Waals surface area contributed by atoms with Crippen molar-refractivity contribution in [1.29, 1.82) is 0 Å². The standard InChI is InChI=1S/C52H52Cl4N2O4/c1-57(2)37-23-15-33(16-24-37)43(35-19-27-41(28-20-35)60-39-11-7-5-8-12-39)31-52(46-45(51(59)62-52)47(53)49(55)50(56)48(46)54)32-44(34-17-25-38(26-18-34)58(3)4)36-21-29-42(30-22-36)61-40-13-9-6-10-14-40/h15-32,39-40H,5-14H2,1-4H3/b43-31+,44-32+. The fourth-order valence-electron chi connectivity index (χ4n) is 8.84. The van der Waals surface area contributed by atoms with Crippen molar-refractivity contribution in [3.63, 3.8) is 0 Å². The van der Waals surface area contributed by atoms with Gasteiger partial charge in [0.25, 0.3) is 0 Å². The monoisotopic (exact) mass is 908 g/mol. The maximum atomic E-state index is 14.4. The fraction of sp³-hybridized carbons (Fsp3) is 0.327. The van der Waals surface area contributed by atoms with E-state index < -0.39 is 11.6 Å². The van der Waals surface area contributed by atoms with Gasteiger partial charge in [0.1, 0.15) is 11.5 Å². The normalized spacial score (nSPS) is 18.6. The third kappa shape index (κ3) is 9.36. The number of halogens is 4. The third-order valence-corrected chi connectivity index (χ3v) is 14.1. The highest BCUT2D eigenvalue weighted by atomic mass is 35.5. The van der Waals surface area contributed by atoms with Crippen molar-refractivity contribution in [3.05, 3.63) is 163 Å². The zero-order chi connectivity index (χ0) is 43.5. The van der Waals surface area contributed by atoms with E-state index >= 15 is 0 Å². The molecule has 0 spiro atoms. The zero-order valence-electron chi connectivity index (χ0n) is 35.7. The Morgan fingerprint density at radius 2 is 0.887 bits per heavy atom. The van der Waals surface area contributed by atoms with Crippen molar-refractivity contribution in [2.75, 3.05) is 38.0 Å². The molecule has 2 saturated carbocycles. The van der Waals surface area contributed by atoms with Crippen LogP contribution in [-0.2, 0) is 10.3 Å². The summed E-state index contributed by atoms with van der Waals surface area (Å²) in [5, 5.41) is 0.0705. The molecule has 0 radical (unpaired) electrons. The van der Waals surface area contributed by atoms with E-state index in [2.05, 4.69) is 58.3 Å². The van der Waals surface area contributed by atoms with E-state index in [1.165, 1.54) is 38.5 Å². The summed E-state index contributed by atoms with van der Waals surface area (Å²) >= 11 is 27.7. The largest absolute Gasteiger partial charge is 0.490 e. The van der Waals surface area contributed by atoms with Gasteiger partial charge in [-0.15, -0.1) is 0 Å². The number of carbonyl (C=O) groups excluding carboxylic acids is 1. The number of anilines is 2. The fourth-order valence-corrected chi connectivity index (χ4v) is 9.92. The van der Waals surface area contributed by atoms with Crippen LogP contribution in [0, 0.1) is 0 Å². The Kier molecular flexibility index (Phi) is 13.5. The first kappa shape index (κ1) is 44.0. The molecule has 1 heterocycles. The molecule has 0 amide bonds. The second-order valence-corrected chi connectivity index (χ2v) is 18.5. The highest BCUT2D eigenvalue weighted by molar-refractivity contribution is 6.53. The first-order valence-electron chi connectivity index (χ1n) is 21.6. The van der Waals surface area contributed by atoms with E-state index in [4.69, 9.17) is 60.6 Å². The quantitative estimate of drug-likeness (QED) is 0.0706. The smallest absolute Gasteiger partial charge is 0.341 e. The number of carbonyl (C=O) groups is 1. The van der Waals surface area contributed by atoms with Gasteiger partial charge in [-0.25, -0.2) is 4.79 Å². The summed E-state index contributed by atoms with van der Waals surface area (Å²) in [5.74, 6) is 0.951. The molecule has 2 fully saturated rings.